The zero-order chi connectivity index (χ0) is 17.7. The van der Waals surface area contributed by atoms with E-state index in [1.54, 1.807) is 24.3 Å². The Hall–Kier alpha value is -2.96. The molecule has 0 radical (unpaired) electrons. The lowest BCUT2D eigenvalue weighted by Crippen LogP contribution is -2.30. The van der Waals surface area contributed by atoms with Crippen molar-refractivity contribution in [3.05, 3.63) is 59.7 Å². The number of benzene rings is 2. The maximum absolute atomic E-state index is 13.5. The number of esters is 1. The maximum atomic E-state index is 13.5. The van der Waals surface area contributed by atoms with E-state index in [9.17, 15) is 18.4 Å². The van der Waals surface area contributed by atoms with Crippen molar-refractivity contribution in [3.63, 3.8) is 0 Å². The Balaban J connectivity index is 2.04. The molecule has 0 unspecified atom stereocenters. The van der Waals surface area contributed by atoms with Crippen LogP contribution in [0, 0.1) is 11.6 Å². The van der Waals surface area contributed by atoms with E-state index in [1.807, 2.05) is 0 Å². The van der Waals surface area contributed by atoms with Gasteiger partial charge >= 0.3 is 5.97 Å². The molecule has 24 heavy (non-hydrogen) atoms. The summed E-state index contributed by atoms with van der Waals surface area (Å²) < 4.78 is 36.4. The molecule has 0 saturated carbocycles. The summed E-state index contributed by atoms with van der Waals surface area (Å²) in [6.45, 7) is 1.34. The number of amides is 1. The Morgan fingerprint density at radius 1 is 1.12 bits per heavy atom. The van der Waals surface area contributed by atoms with Gasteiger partial charge in [-0.15, -0.1) is 0 Å². The molecule has 1 N–H and O–H groups in total. The lowest BCUT2D eigenvalue weighted by molar-refractivity contribution is -0.123. The number of methoxy groups -OCH3 is 1. The van der Waals surface area contributed by atoms with E-state index in [4.69, 9.17) is 9.47 Å². The number of rotatable bonds is 5. The average Bonchev–Trinajstić information content (AvgIpc) is 2.55. The van der Waals surface area contributed by atoms with Crippen molar-refractivity contribution in [2.45, 2.75) is 13.0 Å². The third kappa shape index (κ3) is 4.07. The lowest BCUT2D eigenvalue weighted by Gasteiger charge is -2.15. The highest BCUT2D eigenvalue weighted by molar-refractivity contribution is 5.98. The molecule has 0 aliphatic rings. The molecule has 1 amide bonds. The standard InChI is InChI=1S/C17H15F2NO4/c1-10(16(21)20-14-5-3-4-6-15(14)23-2)24-17(22)12-8-7-11(18)9-13(12)19/h3-10H,1-2H3,(H,20,21)/t10-/m1/s1. The Labute approximate surface area is 137 Å². The minimum Gasteiger partial charge on any atom is -0.495 e. The summed E-state index contributed by atoms with van der Waals surface area (Å²) in [7, 11) is 1.45. The molecule has 0 spiro atoms. The number of halogens is 2. The molecule has 0 aromatic heterocycles. The van der Waals surface area contributed by atoms with Crippen LogP contribution in [-0.4, -0.2) is 25.1 Å². The zero-order valence-corrected chi connectivity index (χ0v) is 13.0. The van der Waals surface area contributed by atoms with E-state index in [2.05, 4.69) is 5.32 Å². The summed E-state index contributed by atoms with van der Waals surface area (Å²) in [4.78, 5) is 24.0. The van der Waals surface area contributed by atoms with Gasteiger partial charge in [-0.1, -0.05) is 12.1 Å². The lowest BCUT2D eigenvalue weighted by atomic mass is 10.2. The highest BCUT2D eigenvalue weighted by Gasteiger charge is 2.22. The fourth-order valence-corrected chi connectivity index (χ4v) is 1.91. The molecular formula is C17H15F2NO4. The molecule has 0 bridgehead atoms. The van der Waals surface area contributed by atoms with Crippen molar-refractivity contribution in [1.29, 1.82) is 0 Å². The zero-order valence-electron chi connectivity index (χ0n) is 13.0. The number of hydrogen-bond donors (Lipinski definition) is 1. The van der Waals surface area contributed by atoms with Crippen LogP contribution in [0.25, 0.3) is 0 Å². The predicted molar refractivity (Wildman–Crippen MR) is 82.9 cm³/mol. The molecule has 2 aromatic carbocycles. The van der Waals surface area contributed by atoms with Gasteiger partial charge < -0.3 is 14.8 Å². The van der Waals surface area contributed by atoms with E-state index >= 15 is 0 Å². The molecule has 0 saturated heterocycles. The third-order valence-electron chi connectivity index (χ3n) is 3.17. The third-order valence-corrected chi connectivity index (χ3v) is 3.17. The van der Waals surface area contributed by atoms with Crippen LogP contribution in [0.3, 0.4) is 0 Å². The highest BCUT2D eigenvalue weighted by Crippen LogP contribution is 2.23. The van der Waals surface area contributed by atoms with Crippen LogP contribution in [0.15, 0.2) is 42.5 Å². The number of ether oxygens (including phenoxy) is 2. The molecule has 1 atom stereocenters. The molecule has 2 aromatic rings. The van der Waals surface area contributed by atoms with Gasteiger partial charge in [-0.25, -0.2) is 13.6 Å². The van der Waals surface area contributed by atoms with Crippen molar-refractivity contribution in [2.24, 2.45) is 0 Å². The average molecular weight is 335 g/mol. The summed E-state index contributed by atoms with van der Waals surface area (Å²) in [5.41, 5.74) is -0.0470. The summed E-state index contributed by atoms with van der Waals surface area (Å²) in [5.74, 6) is -3.11. The van der Waals surface area contributed by atoms with Gasteiger partial charge in [0, 0.05) is 6.07 Å². The topological polar surface area (TPSA) is 64.6 Å². The smallest absolute Gasteiger partial charge is 0.341 e. The number of nitrogens with one attached hydrogen (secondary N) is 1. The first-order chi connectivity index (χ1) is 11.4. The Morgan fingerprint density at radius 2 is 1.83 bits per heavy atom. The summed E-state index contributed by atoms with van der Waals surface area (Å²) in [6, 6.07) is 9.15. The van der Waals surface area contributed by atoms with Crippen molar-refractivity contribution >= 4 is 17.6 Å². The van der Waals surface area contributed by atoms with Gasteiger partial charge in [-0.05, 0) is 31.2 Å². The van der Waals surface area contributed by atoms with Gasteiger partial charge in [-0.2, -0.15) is 0 Å². The van der Waals surface area contributed by atoms with E-state index in [1.165, 1.54) is 14.0 Å². The quantitative estimate of drug-likeness (QED) is 0.853. The molecule has 0 fully saturated rings. The van der Waals surface area contributed by atoms with E-state index in [0.29, 0.717) is 17.5 Å². The van der Waals surface area contributed by atoms with Gasteiger partial charge in [0.25, 0.3) is 5.91 Å². The van der Waals surface area contributed by atoms with Gasteiger partial charge in [0.05, 0.1) is 18.4 Å². The van der Waals surface area contributed by atoms with Gasteiger partial charge in [0.15, 0.2) is 6.10 Å². The first-order valence-corrected chi connectivity index (χ1v) is 7.02. The number of hydrogen-bond acceptors (Lipinski definition) is 4. The molecule has 126 valence electrons. The van der Waals surface area contributed by atoms with Crippen LogP contribution in [0.1, 0.15) is 17.3 Å². The van der Waals surface area contributed by atoms with Crippen molar-refractivity contribution in [1.82, 2.24) is 0 Å². The predicted octanol–water partition coefficient (Wildman–Crippen LogP) is 3.16. The van der Waals surface area contributed by atoms with E-state index in [-0.39, 0.29) is 0 Å². The molecule has 7 heteroatoms. The van der Waals surface area contributed by atoms with Gasteiger partial charge in [0.1, 0.15) is 17.4 Å². The first kappa shape index (κ1) is 17.4. The van der Waals surface area contributed by atoms with Crippen LogP contribution in [0.4, 0.5) is 14.5 Å². The Bertz CT molecular complexity index is 764. The SMILES string of the molecule is COc1ccccc1NC(=O)[C@@H](C)OC(=O)c1ccc(F)cc1F. The summed E-state index contributed by atoms with van der Waals surface area (Å²) >= 11 is 0. The fraction of sp³-hybridized carbons (Fsp3) is 0.176. The Kier molecular flexibility index (Phi) is 5.47. The van der Waals surface area contributed by atoms with Crippen LogP contribution in [-0.2, 0) is 9.53 Å². The number of anilines is 1. The number of carbonyl (C=O) groups is 2. The number of carbonyl (C=O) groups excluding carboxylic acids is 2. The number of para-hydroxylation sites is 2. The molecule has 2 rings (SSSR count). The first-order valence-electron chi connectivity index (χ1n) is 7.02. The molecule has 0 heterocycles. The van der Waals surface area contributed by atoms with E-state index in [0.717, 1.165) is 12.1 Å². The monoisotopic (exact) mass is 335 g/mol. The van der Waals surface area contributed by atoms with Crippen LogP contribution in [0.5, 0.6) is 5.75 Å². The second kappa shape index (κ2) is 7.54. The summed E-state index contributed by atoms with van der Waals surface area (Å²) in [6.07, 6.45) is -1.19. The van der Waals surface area contributed by atoms with Crippen molar-refractivity contribution in [3.8, 4) is 5.75 Å². The minimum atomic E-state index is -1.19. The minimum absolute atomic E-state index is 0.404. The normalized spacial score (nSPS) is 11.5. The van der Waals surface area contributed by atoms with Crippen LogP contribution >= 0.6 is 0 Å². The highest BCUT2D eigenvalue weighted by atomic mass is 19.1. The second-order valence-electron chi connectivity index (χ2n) is 4.86. The van der Waals surface area contributed by atoms with Gasteiger partial charge in [0.2, 0.25) is 0 Å². The van der Waals surface area contributed by atoms with Crippen LogP contribution < -0.4 is 10.1 Å². The molecule has 0 aliphatic carbocycles. The Morgan fingerprint density at radius 3 is 2.50 bits per heavy atom. The second-order valence-corrected chi connectivity index (χ2v) is 4.86. The fourth-order valence-electron chi connectivity index (χ4n) is 1.91. The van der Waals surface area contributed by atoms with E-state index < -0.39 is 35.2 Å². The summed E-state index contributed by atoms with van der Waals surface area (Å²) in [5, 5.41) is 2.55. The maximum Gasteiger partial charge on any atom is 0.341 e. The van der Waals surface area contributed by atoms with Crippen molar-refractivity contribution < 1.29 is 27.8 Å². The molecular weight excluding hydrogens is 320 g/mol. The van der Waals surface area contributed by atoms with Crippen molar-refractivity contribution in [2.75, 3.05) is 12.4 Å². The molecule has 5 nitrogen and oxygen atoms in total. The molecule has 0 aliphatic heterocycles. The van der Waals surface area contributed by atoms with Gasteiger partial charge in [-0.3, -0.25) is 4.79 Å². The van der Waals surface area contributed by atoms with Crippen LogP contribution in [0.2, 0.25) is 0 Å². The largest absolute Gasteiger partial charge is 0.495 e.